The molecule has 1 fully saturated rings. The van der Waals surface area contributed by atoms with Gasteiger partial charge in [-0.25, -0.2) is 4.79 Å². The minimum Gasteiger partial charge on any atom is -0.450 e. The number of rotatable bonds is 5. The quantitative estimate of drug-likeness (QED) is 0.601. The summed E-state index contributed by atoms with van der Waals surface area (Å²) in [6.45, 7) is 6.06. The topological polar surface area (TPSA) is 105 Å². The standard InChI is InChI=1S/C15H26N6O3/c1-4-23-15(22)21-9-6-12(7-10-21)19-14(16-3)17-8-5-13-18-11(2)20-24-13/h12H,4-10H2,1-3H3,(H2,16,17,19). The van der Waals surface area contributed by atoms with E-state index in [1.165, 1.54) is 0 Å². The van der Waals surface area contributed by atoms with Gasteiger partial charge in [0.15, 0.2) is 11.8 Å². The van der Waals surface area contributed by atoms with Crippen LogP contribution in [0.3, 0.4) is 0 Å². The molecule has 134 valence electrons. The second kappa shape index (κ2) is 9.09. The Labute approximate surface area is 141 Å². The van der Waals surface area contributed by atoms with Crippen molar-refractivity contribution >= 4 is 12.1 Å². The molecule has 1 aliphatic rings. The Balaban J connectivity index is 1.69. The summed E-state index contributed by atoms with van der Waals surface area (Å²) in [6.07, 6.45) is 2.14. The predicted octanol–water partition coefficient (Wildman–Crippen LogP) is 0.706. The number of amides is 1. The third-order valence-electron chi connectivity index (χ3n) is 3.79. The molecular formula is C15H26N6O3. The van der Waals surface area contributed by atoms with E-state index in [-0.39, 0.29) is 12.1 Å². The molecule has 0 atom stereocenters. The molecule has 1 aromatic heterocycles. The lowest BCUT2D eigenvalue weighted by molar-refractivity contribution is 0.0963. The van der Waals surface area contributed by atoms with E-state index in [1.54, 1.807) is 18.9 Å². The lowest BCUT2D eigenvalue weighted by atomic mass is 10.1. The summed E-state index contributed by atoms with van der Waals surface area (Å²) < 4.78 is 10.1. The molecule has 1 amide bonds. The molecule has 0 saturated carbocycles. The minimum absolute atomic E-state index is 0.228. The third-order valence-corrected chi connectivity index (χ3v) is 3.79. The largest absolute Gasteiger partial charge is 0.450 e. The van der Waals surface area contributed by atoms with Crippen molar-refractivity contribution in [1.82, 2.24) is 25.7 Å². The van der Waals surface area contributed by atoms with Crippen LogP contribution >= 0.6 is 0 Å². The molecule has 1 saturated heterocycles. The number of aryl methyl sites for hydroxylation is 1. The van der Waals surface area contributed by atoms with Gasteiger partial charge in [0.2, 0.25) is 5.89 Å². The Hall–Kier alpha value is -2.32. The van der Waals surface area contributed by atoms with Crippen molar-refractivity contribution in [3.05, 3.63) is 11.7 Å². The molecule has 0 bridgehead atoms. The van der Waals surface area contributed by atoms with Gasteiger partial charge in [0, 0.05) is 39.1 Å². The number of likely N-dealkylation sites (tertiary alicyclic amines) is 1. The molecule has 0 aromatic carbocycles. The van der Waals surface area contributed by atoms with Crippen LogP contribution < -0.4 is 10.6 Å². The second-order valence-corrected chi connectivity index (χ2v) is 5.59. The van der Waals surface area contributed by atoms with E-state index >= 15 is 0 Å². The fraction of sp³-hybridized carbons (Fsp3) is 0.733. The number of hydrogen-bond acceptors (Lipinski definition) is 6. The Morgan fingerprint density at radius 1 is 1.46 bits per heavy atom. The van der Waals surface area contributed by atoms with Crippen molar-refractivity contribution in [3.8, 4) is 0 Å². The van der Waals surface area contributed by atoms with E-state index in [2.05, 4.69) is 25.8 Å². The summed E-state index contributed by atoms with van der Waals surface area (Å²) in [5.74, 6) is 1.99. The zero-order chi connectivity index (χ0) is 17.4. The number of nitrogens with one attached hydrogen (secondary N) is 2. The van der Waals surface area contributed by atoms with Crippen LogP contribution in [0.4, 0.5) is 4.79 Å². The molecule has 1 aliphatic heterocycles. The maximum absolute atomic E-state index is 11.7. The average Bonchev–Trinajstić information content (AvgIpc) is 3.00. The van der Waals surface area contributed by atoms with Crippen molar-refractivity contribution in [1.29, 1.82) is 0 Å². The number of ether oxygens (including phenoxy) is 1. The van der Waals surface area contributed by atoms with Gasteiger partial charge in [-0.15, -0.1) is 0 Å². The molecule has 0 spiro atoms. The van der Waals surface area contributed by atoms with E-state index in [4.69, 9.17) is 9.26 Å². The van der Waals surface area contributed by atoms with Crippen molar-refractivity contribution in [2.24, 2.45) is 4.99 Å². The van der Waals surface area contributed by atoms with E-state index in [0.717, 1.165) is 18.8 Å². The van der Waals surface area contributed by atoms with Crippen molar-refractivity contribution in [2.45, 2.75) is 39.2 Å². The first-order chi connectivity index (χ1) is 11.6. The van der Waals surface area contributed by atoms with Gasteiger partial charge >= 0.3 is 6.09 Å². The van der Waals surface area contributed by atoms with Gasteiger partial charge in [0.25, 0.3) is 0 Å². The van der Waals surface area contributed by atoms with Gasteiger partial charge in [-0.05, 0) is 26.7 Å². The van der Waals surface area contributed by atoms with Crippen molar-refractivity contribution in [2.75, 3.05) is 33.3 Å². The average molecular weight is 338 g/mol. The van der Waals surface area contributed by atoms with Crippen LogP contribution in [-0.2, 0) is 11.2 Å². The molecule has 0 unspecified atom stereocenters. The highest BCUT2D eigenvalue weighted by molar-refractivity contribution is 5.80. The third kappa shape index (κ3) is 5.39. The normalized spacial score (nSPS) is 16.1. The first kappa shape index (κ1) is 18.0. The molecule has 0 radical (unpaired) electrons. The number of aromatic nitrogens is 2. The Morgan fingerprint density at radius 3 is 2.79 bits per heavy atom. The summed E-state index contributed by atoms with van der Waals surface area (Å²) in [6, 6.07) is 0.285. The molecule has 2 heterocycles. The number of carbonyl (C=O) groups excluding carboxylic acids is 1. The Kier molecular flexibility index (Phi) is 6.83. The van der Waals surface area contributed by atoms with Crippen LogP contribution in [0.15, 0.2) is 9.52 Å². The van der Waals surface area contributed by atoms with Crippen molar-refractivity contribution < 1.29 is 14.1 Å². The van der Waals surface area contributed by atoms with Crippen LogP contribution in [0.5, 0.6) is 0 Å². The van der Waals surface area contributed by atoms with Crippen LogP contribution in [-0.4, -0.2) is 66.4 Å². The molecule has 24 heavy (non-hydrogen) atoms. The highest BCUT2D eigenvalue weighted by atomic mass is 16.6. The van der Waals surface area contributed by atoms with Crippen LogP contribution in [0.25, 0.3) is 0 Å². The summed E-state index contributed by atoms with van der Waals surface area (Å²) >= 11 is 0. The molecule has 2 N–H and O–H groups in total. The van der Waals surface area contributed by atoms with Crippen LogP contribution in [0.2, 0.25) is 0 Å². The molecule has 9 heteroatoms. The van der Waals surface area contributed by atoms with Crippen LogP contribution in [0, 0.1) is 6.92 Å². The van der Waals surface area contributed by atoms with Gasteiger partial charge in [-0.1, -0.05) is 5.16 Å². The highest BCUT2D eigenvalue weighted by Gasteiger charge is 2.23. The number of nitrogens with zero attached hydrogens (tertiary/aromatic N) is 4. The lowest BCUT2D eigenvalue weighted by Crippen LogP contribution is -2.50. The fourth-order valence-electron chi connectivity index (χ4n) is 2.54. The maximum Gasteiger partial charge on any atom is 0.409 e. The summed E-state index contributed by atoms with van der Waals surface area (Å²) in [5.41, 5.74) is 0. The Morgan fingerprint density at radius 2 is 2.21 bits per heavy atom. The maximum atomic E-state index is 11.7. The molecular weight excluding hydrogens is 312 g/mol. The number of guanidine groups is 1. The molecule has 2 rings (SSSR count). The molecule has 1 aromatic rings. The zero-order valence-electron chi connectivity index (χ0n) is 14.5. The number of carbonyl (C=O) groups is 1. The highest BCUT2D eigenvalue weighted by Crippen LogP contribution is 2.11. The fourth-order valence-corrected chi connectivity index (χ4v) is 2.54. The summed E-state index contributed by atoms with van der Waals surface area (Å²) in [7, 11) is 1.74. The number of hydrogen-bond donors (Lipinski definition) is 2. The van der Waals surface area contributed by atoms with Crippen LogP contribution in [0.1, 0.15) is 31.5 Å². The number of aliphatic imine (C=N–C) groups is 1. The minimum atomic E-state index is -0.228. The first-order valence-electron chi connectivity index (χ1n) is 8.30. The van der Waals surface area contributed by atoms with Gasteiger partial charge in [0.1, 0.15) is 0 Å². The zero-order valence-corrected chi connectivity index (χ0v) is 14.5. The van der Waals surface area contributed by atoms with Gasteiger partial charge < -0.3 is 24.8 Å². The first-order valence-corrected chi connectivity index (χ1v) is 8.30. The van der Waals surface area contributed by atoms with Gasteiger partial charge in [-0.2, -0.15) is 4.98 Å². The predicted molar refractivity (Wildman–Crippen MR) is 88.9 cm³/mol. The van der Waals surface area contributed by atoms with Crippen molar-refractivity contribution in [3.63, 3.8) is 0 Å². The van der Waals surface area contributed by atoms with E-state index in [1.807, 2.05) is 6.92 Å². The van der Waals surface area contributed by atoms with Gasteiger partial charge in [0.05, 0.1) is 6.61 Å². The molecule has 9 nitrogen and oxygen atoms in total. The van der Waals surface area contributed by atoms with E-state index in [0.29, 0.717) is 44.4 Å². The SMILES string of the molecule is CCOC(=O)N1CCC(NC(=NC)NCCc2nc(C)no2)CC1. The Bertz CT molecular complexity index is 551. The lowest BCUT2D eigenvalue weighted by Gasteiger charge is -2.32. The number of piperidine rings is 1. The summed E-state index contributed by atoms with van der Waals surface area (Å²) in [4.78, 5) is 21.8. The second-order valence-electron chi connectivity index (χ2n) is 5.59. The summed E-state index contributed by atoms with van der Waals surface area (Å²) in [5, 5.41) is 10.4. The monoisotopic (exact) mass is 338 g/mol. The molecule has 0 aliphatic carbocycles. The smallest absolute Gasteiger partial charge is 0.409 e. The van der Waals surface area contributed by atoms with Gasteiger partial charge in [-0.3, -0.25) is 4.99 Å². The van der Waals surface area contributed by atoms with E-state index in [9.17, 15) is 4.79 Å². The van der Waals surface area contributed by atoms with E-state index < -0.39 is 0 Å².